The van der Waals surface area contributed by atoms with Gasteiger partial charge < -0.3 is 133 Å². The van der Waals surface area contributed by atoms with Crippen molar-refractivity contribution in [3.63, 3.8) is 0 Å². The van der Waals surface area contributed by atoms with E-state index in [0.29, 0.717) is 24.9 Å². The van der Waals surface area contributed by atoms with Gasteiger partial charge in [0.2, 0.25) is 65.1 Å². The number of imide groups is 1. The van der Waals surface area contributed by atoms with Gasteiger partial charge in [0.1, 0.15) is 90.1 Å². The number of likely N-dealkylation sites (N-methyl/N-ethyl adjacent to an activating group) is 1. The van der Waals surface area contributed by atoms with Crippen LogP contribution in [0.5, 0.6) is 34.5 Å². The summed E-state index contributed by atoms with van der Waals surface area (Å²) in [5.41, 5.74) is 3.29. The van der Waals surface area contributed by atoms with Crippen molar-refractivity contribution in [2.45, 2.75) is 227 Å². The molecule has 9 amide bonds. The highest BCUT2D eigenvalue weighted by atomic mass is 35.5. The summed E-state index contributed by atoms with van der Waals surface area (Å²) in [6.45, 7) is 10.00. The van der Waals surface area contributed by atoms with Gasteiger partial charge in [-0.15, -0.1) is 0 Å². The first-order valence-corrected chi connectivity index (χ1v) is 41.7. The van der Waals surface area contributed by atoms with E-state index >= 15 is 28.8 Å². The molecule has 37 heteroatoms. The molecule has 4 saturated carbocycles. The minimum atomic E-state index is -2.98. The van der Waals surface area contributed by atoms with Crippen LogP contribution in [0.25, 0.3) is 11.1 Å². The molecule has 5 aromatic carbocycles. The van der Waals surface area contributed by atoms with Crippen molar-refractivity contribution in [3.05, 3.63) is 129 Å². The highest BCUT2D eigenvalue weighted by Crippen LogP contribution is 2.56. The number of nitrogens with one attached hydrogen (secondary N) is 10. The third-order valence-electron chi connectivity index (χ3n) is 24.7. The Labute approximate surface area is 706 Å². The van der Waals surface area contributed by atoms with Crippen molar-refractivity contribution in [1.29, 1.82) is 0 Å². The van der Waals surface area contributed by atoms with E-state index in [1.54, 1.807) is 0 Å². The fourth-order valence-corrected chi connectivity index (χ4v) is 18.8. The number of benzene rings is 5. The van der Waals surface area contributed by atoms with E-state index in [-0.39, 0.29) is 104 Å². The molecule has 12 aliphatic rings. The molecule has 15 bridgehead atoms. The number of hydrogen-bond donors (Lipinski definition) is 20. The number of fused-ring (bicyclic) bond motifs is 12. The van der Waals surface area contributed by atoms with Crippen molar-refractivity contribution < 1.29 is 122 Å². The second-order valence-corrected chi connectivity index (χ2v) is 34.6. The maximum Gasteiger partial charge on any atom is 0.255 e. The smallest absolute Gasteiger partial charge is 0.255 e. The Morgan fingerprint density at radius 2 is 1.36 bits per heavy atom. The predicted molar refractivity (Wildman–Crippen MR) is 430 cm³/mol. The molecule has 0 aromatic heterocycles. The Balaban J connectivity index is 0.956. The van der Waals surface area contributed by atoms with E-state index in [1.807, 2.05) is 20.8 Å². The van der Waals surface area contributed by atoms with Gasteiger partial charge in [0.25, 0.3) is 5.91 Å². The highest BCUT2D eigenvalue weighted by molar-refractivity contribution is 6.32. The zero-order valence-corrected chi connectivity index (χ0v) is 68.9. The number of hydrogen-bond acceptors (Lipinski definition) is 28. The molecule has 2 saturated heterocycles. The van der Waals surface area contributed by atoms with Crippen LogP contribution in [0, 0.1) is 29.6 Å². The van der Waals surface area contributed by atoms with Crippen LogP contribution in [-0.2, 0) is 67.9 Å². The summed E-state index contributed by atoms with van der Waals surface area (Å²) in [5, 5.41) is 134. The fourth-order valence-electron chi connectivity index (χ4n) is 18.6. The lowest BCUT2D eigenvalue weighted by molar-refractivity contribution is -0.333. The Kier molecular flexibility index (Phi) is 26.4. The summed E-state index contributed by atoms with van der Waals surface area (Å²) in [4.78, 5) is 139. The molecule has 5 aromatic rings. The van der Waals surface area contributed by atoms with Gasteiger partial charge in [-0.3, -0.25) is 48.5 Å². The van der Waals surface area contributed by atoms with Gasteiger partial charge in [-0.05, 0) is 202 Å². The summed E-state index contributed by atoms with van der Waals surface area (Å²) < 4.78 is 44.8. The quantitative estimate of drug-likeness (QED) is 0.0359. The number of carbonyl (C=O) groups is 9. The number of phenols is 1. The van der Waals surface area contributed by atoms with Crippen LogP contribution in [0.3, 0.4) is 0 Å². The number of carbonyl (C=O) groups excluding carboxylic acids is 9. The van der Waals surface area contributed by atoms with E-state index in [4.69, 9.17) is 50.5 Å². The first-order valence-electron chi connectivity index (χ1n) is 41.3. The van der Waals surface area contributed by atoms with E-state index in [0.717, 1.165) is 62.8 Å². The molecule has 36 nitrogen and oxygen atoms in total. The van der Waals surface area contributed by atoms with Crippen LogP contribution in [0.1, 0.15) is 169 Å². The van der Waals surface area contributed by atoms with Crippen LogP contribution >= 0.6 is 11.6 Å². The number of aliphatic hydroxyl groups is 8. The number of ether oxygens (including phenoxy) is 7. The van der Waals surface area contributed by atoms with E-state index < -0.39 is 216 Å². The largest absolute Gasteiger partial charge is 0.508 e. The molecule has 6 fully saturated rings. The Hall–Kier alpha value is -9.58. The summed E-state index contributed by atoms with van der Waals surface area (Å²) >= 11 is 7.21. The molecule has 7 aliphatic heterocycles. The molecular weight excluding hydrogens is 1610 g/mol. The Bertz CT molecular complexity index is 4800. The first-order chi connectivity index (χ1) is 58.0. The van der Waals surface area contributed by atoms with Crippen molar-refractivity contribution >= 4 is 64.8 Å². The van der Waals surface area contributed by atoms with Crippen LogP contribution in [0.2, 0.25) is 5.02 Å². The van der Waals surface area contributed by atoms with E-state index in [2.05, 4.69) is 53.2 Å². The van der Waals surface area contributed by atoms with Crippen LogP contribution in [0.4, 0.5) is 0 Å². The van der Waals surface area contributed by atoms with Gasteiger partial charge in [0.15, 0.2) is 23.9 Å². The van der Waals surface area contributed by atoms with Crippen LogP contribution in [0.15, 0.2) is 84.9 Å². The van der Waals surface area contributed by atoms with Crippen molar-refractivity contribution in [2.75, 3.05) is 33.4 Å². The fraction of sp³-hybridized carbons (Fsp3) is 0.541. The standard InChI is InChI=1S/C85H106ClN11O25/c1-8-17-89-18-19-116-37(5)75(106)91-59(100)32-54-77(108)93-64-45-28-56(72(122-83-73(71(104)70(103)58(34-98)120-83)121-60-33-84(6,87)74(105)36(4)117-60)57(29-45)119-55-16-12-42(27-52(55)86)69(102)67(81(112)90-54)96-76(107)53(88-7)20-35(2)3)118-47-13-9-40(10-14-47)68(101)66-82(113)95-65(80(111)92-62-43-22-38-21-39(24-43)25-44(62)23-38)49-30-46(99)31-51-61(49)48-26-41(11-15-50(48)85(51,114)115)63(78(109)97-66)94-79(64)110/h9-16,26-31,35-39,43-44,53-54,58,60,62-71,73-74,83,88-89,98-99,101-105,114-115H,8,17-25,32-34,87H2,1-7H3,(H,90,112)(H,92,111)(H,93,108)(H,94,110)(H,95,113)(H,96,107)(H,97,109)(H,91,100,106)/t36-,37?,38?,39?,43?,44?,53+,54-,58+,60-,62?,63+,64+,65-,66-,67+,68+,69+,70+,71-,73+,74+,83-,84-/m0/s1. The number of amides is 9. The Morgan fingerprint density at radius 3 is 2.02 bits per heavy atom. The van der Waals surface area contributed by atoms with Gasteiger partial charge in [-0.2, -0.15) is 0 Å². The maximum absolute atomic E-state index is 16.6. The molecule has 5 aliphatic carbocycles. The summed E-state index contributed by atoms with van der Waals surface area (Å²) in [5.74, 6) is -15.3. The summed E-state index contributed by atoms with van der Waals surface area (Å²) in [6.07, 6.45) is -14.5. The SMILES string of the molecule is CCCNCCOC(C)C(=O)NC(=O)C[C@@H]1NC(=O)[C@H](NC(=O)[C@@H](CC(C)C)NC)[C@H](O)c2ccc(c(Cl)c2)Oc2cc3cc(c2O[C@@H]2O[C@H](CO)[C@@H](O)[C@H](O)[C@H]2O[C@H]2C[C@](C)(N)[C@H](O)[C@H](C)O2)Oc2ccc(cc2)[C@@H](O)[C@@H]2NC(=O)[C@H](NC(=O)[C@@H]3NC1=O)c1ccc3c(c1)-c1c(cc(O)cc1C3(O)O)[C@@H](C(=O)NC1C3CC4CC(C3)CC1C4)NC2=O. The third kappa shape index (κ3) is 18.3. The van der Waals surface area contributed by atoms with Crippen molar-refractivity contribution in [3.8, 4) is 45.6 Å². The lowest BCUT2D eigenvalue weighted by Gasteiger charge is -2.54. The number of halogens is 1. The van der Waals surface area contributed by atoms with Gasteiger partial charge in [0.05, 0.1) is 42.9 Å². The molecule has 658 valence electrons. The highest BCUT2D eigenvalue weighted by Gasteiger charge is 2.54. The van der Waals surface area contributed by atoms with E-state index in [1.165, 1.54) is 88.5 Å². The minimum Gasteiger partial charge on any atom is -0.508 e. The molecular formula is C85H106ClN11O25. The normalized spacial score (nSPS) is 31.8. The maximum atomic E-state index is 16.6. The number of aliphatic hydroxyl groups excluding tert-OH is 6. The topological polar surface area (TPSA) is 547 Å². The number of aromatic hydroxyl groups is 1. The van der Waals surface area contributed by atoms with E-state index in [9.17, 15) is 60.3 Å². The third-order valence-corrected chi connectivity index (χ3v) is 25.0. The molecule has 1 unspecified atom stereocenters. The second kappa shape index (κ2) is 36.3. The number of nitrogens with two attached hydrogens (primary N) is 1. The molecule has 17 rings (SSSR count). The van der Waals surface area contributed by atoms with Gasteiger partial charge in [-0.25, -0.2) is 0 Å². The van der Waals surface area contributed by atoms with Gasteiger partial charge in [-0.1, -0.05) is 62.7 Å². The average molecular weight is 1720 g/mol. The summed E-state index contributed by atoms with van der Waals surface area (Å²) in [7, 11) is 1.48. The van der Waals surface area contributed by atoms with Gasteiger partial charge in [0, 0.05) is 35.7 Å². The molecule has 21 N–H and O–H groups in total. The summed E-state index contributed by atoms with van der Waals surface area (Å²) in [6, 6.07) is 2.66. The zero-order chi connectivity index (χ0) is 87.4. The predicted octanol–water partition coefficient (Wildman–Crippen LogP) is 0.959. The number of phenolic OH excluding ortho intramolecular Hbond substituents is 1. The lowest BCUT2D eigenvalue weighted by atomic mass is 9.54. The van der Waals surface area contributed by atoms with Crippen molar-refractivity contribution in [2.24, 2.45) is 35.3 Å². The van der Waals surface area contributed by atoms with Crippen molar-refractivity contribution in [1.82, 2.24) is 53.2 Å². The van der Waals surface area contributed by atoms with Crippen LogP contribution in [-0.4, -0.2) is 224 Å². The average Bonchev–Trinajstić information content (AvgIpc) is 1.56. The molecule has 7 heterocycles. The second-order valence-electron chi connectivity index (χ2n) is 34.2. The molecule has 19 atom stereocenters. The molecule has 0 spiro atoms. The zero-order valence-electron chi connectivity index (χ0n) is 68.1. The first kappa shape index (κ1) is 88.7. The monoisotopic (exact) mass is 1720 g/mol. The minimum absolute atomic E-state index is 0.0133. The lowest BCUT2D eigenvalue weighted by Crippen LogP contribution is -2.64. The van der Waals surface area contributed by atoms with Crippen LogP contribution < -0.4 is 73.1 Å². The molecule has 122 heavy (non-hydrogen) atoms. The van der Waals surface area contributed by atoms with Gasteiger partial charge >= 0.3 is 0 Å². The molecule has 0 radical (unpaired) electrons. The number of rotatable bonds is 21. The Morgan fingerprint density at radius 1 is 0.697 bits per heavy atom.